The summed E-state index contributed by atoms with van der Waals surface area (Å²) in [6.07, 6.45) is 2.31. The summed E-state index contributed by atoms with van der Waals surface area (Å²) >= 11 is 0. The third kappa shape index (κ3) is 3.42. The molecule has 110 valence electrons. The lowest BCUT2D eigenvalue weighted by Crippen LogP contribution is -2.32. The molecule has 1 atom stereocenters. The van der Waals surface area contributed by atoms with Gasteiger partial charge in [0.05, 0.1) is 19.4 Å². The van der Waals surface area contributed by atoms with Crippen LogP contribution in [0.5, 0.6) is 5.75 Å². The van der Waals surface area contributed by atoms with Crippen molar-refractivity contribution in [3.63, 3.8) is 0 Å². The van der Waals surface area contributed by atoms with Crippen LogP contribution in [0.3, 0.4) is 0 Å². The second-order valence-corrected chi connectivity index (χ2v) is 5.26. The predicted molar refractivity (Wildman–Crippen MR) is 80.8 cm³/mol. The van der Waals surface area contributed by atoms with E-state index < -0.39 is 0 Å². The molecule has 2 rings (SSSR count). The smallest absolute Gasteiger partial charge is 0.124 e. The van der Waals surface area contributed by atoms with E-state index in [-0.39, 0.29) is 5.84 Å². The lowest BCUT2D eigenvalue weighted by Gasteiger charge is -2.29. The number of amidine groups is 1. The fraction of sp³-hybridized carbons (Fsp3) is 0.533. The maximum absolute atomic E-state index is 7.70. The van der Waals surface area contributed by atoms with E-state index in [1.807, 2.05) is 25.2 Å². The third-order valence-electron chi connectivity index (χ3n) is 3.69. The third-order valence-corrected chi connectivity index (χ3v) is 3.69. The number of hydrogen-bond donors (Lipinski definition) is 2. The van der Waals surface area contributed by atoms with E-state index in [1.165, 1.54) is 6.42 Å². The molecule has 1 fully saturated rings. The van der Waals surface area contributed by atoms with Gasteiger partial charge in [0.2, 0.25) is 0 Å². The van der Waals surface area contributed by atoms with E-state index >= 15 is 0 Å². The molecule has 20 heavy (non-hydrogen) atoms. The Bertz CT molecular complexity index is 470. The summed E-state index contributed by atoms with van der Waals surface area (Å²) in [4.78, 5) is 2.14. The molecule has 5 nitrogen and oxygen atoms in total. The van der Waals surface area contributed by atoms with E-state index in [9.17, 15) is 0 Å². The first-order valence-corrected chi connectivity index (χ1v) is 6.93. The van der Waals surface area contributed by atoms with Crippen molar-refractivity contribution >= 4 is 11.5 Å². The molecule has 1 unspecified atom stereocenters. The molecular formula is C15H23N3O2. The van der Waals surface area contributed by atoms with Crippen molar-refractivity contribution < 1.29 is 9.47 Å². The quantitative estimate of drug-likeness (QED) is 0.636. The van der Waals surface area contributed by atoms with E-state index in [2.05, 4.69) is 4.90 Å². The number of nitrogens with one attached hydrogen (secondary N) is 1. The van der Waals surface area contributed by atoms with Crippen molar-refractivity contribution in [2.75, 3.05) is 38.8 Å². The number of nitrogens with two attached hydrogens (primary N) is 1. The first-order chi connectivity index (χ1) is 9.61. The Balaban J connectivity index is 2.17. The molecule has 0 radical (unpaired) electrons. The van der Waals surface area contributed by atoms with Crippen molar-refractivity contribution in [1.29, 1.82) is 5.41 Å². The molecule has 1 aliphatic heterocycles. The van der Waals surface area contributed by atoms with Crippen LogP contribution < -0.4 is 15.4 Å². The van der Waals surface area contributed by atoms with Crippen LogP contribution in [0, 0.1) is 11.3 Å². The Labute approximate surface area is 120 Å². The second-order valence-electron chi connectivity index (χ2n) is 5.26. The highest BCUT2D eigenvalue weighted by atomic mass is 16.5. The molecule has 0 bridgehead atoms. The fourth-order valence-corrected chi connectivity index (χ4v) is 2.62. The van der Waals surface area contributed by atoms with Gasteiger partial charge in [0.15, 0.2) is 0 Å². The number of anilines is 1. The Kier molecular flexibility index (Phi) is 4.84. The second kappa shape index (κ2) is 6.61. The summed E-state index contributed by atoms with van der Waals surface area (Å²) in [5.41, 5.74) is 7.34. The topological polar surface area (TPSA) is 71.6 Å². The molecule has 5 heteroatoms. The molecule has 0 spiro atoms. The SMILES string of the molecule is COc1ccc(C(=N)N)c(N(C)CC2CCCOC2)c1. The Morgan fingerprint density at radius 1 is 1.55 bits per heavy atom. The molecule has 0 aliphatic carbocycles. The number of benzene rings is 1. The molecule has 1 aliphatic rings. The normalized spacial score (nSPS) is 18.6. The van der Waals surface area contributed by atoms with E-state index in [1.54, 1.807) is 7.11 Å². The van der Waals surface area contributed by atoms with Gasteiger partial charge in [0, 0.05) is 31.8 Å². The largest absolute Gasteiger partial charge is 0.497 e. The van der Waals surface area contributed by atoms with Gasteiger partial charge in [-0.2, -0.15) is 0 Å². The number of nitrogen functional groups attached to an aromatic ring is 1. The van der Waals surface area contributed by atoms with Gasteiger partial charge >= 0.3 is 0 Å². The van der Waals surface area contributed by atoms with Crippen molar-refractivity contribution in [2.45, 2.75) is 12.8 Å². The van der Waals surface area contributed by atoms with Gasteiger partial charge < -0.3 is 20.1 Å². The summed E-state index contributed by atoms with van der Waals surface area (Å²) in [5.74, 6) is 1.38. The average Bonchev–Trinajstić information content (AvgIpc) is 2.47. The van der Waals surface area contributed by atoms with Gasteiger partial charge in [0.25, 0.3) is 0 Å². The van der Waals surface area contributed by atoms with Gasteiger partial charge in [-0.1, -0.05) is 0 Å². The minimum Gasteiger partial charge on any atom is -0.497 e. The molecule has 1 heterocycles. The van der Waals surface area contributed by atoms with Gasteiger partial charge in [-0.3, -0.25) is 5.41 Å². The first-order valence-electron chi connectivity index (χ1n) is 6.93. The standard InChI is InChI=1S/C15H23N3O2/c1-18(9-11-4-3-7-20-10-11)14-8-12(19-2)5-6-13(14)15(16)17/h5-6,8,11H,3-4,7,9-10H2,1-2H3,(H3,16,17). The van der Waals surface area contributed by atoms with E-state index in [0.29, 0.717) is 5.92 Å². The van der Waals surface area contributed by atoms with Crippen molar-refractivity contribution in [3.8, 4) is 5.75 Å². The number of nitrogens with zero attached hydrogens (tertiary/aromatic N) is 1. The molecule has 0 aromatic heterocycles. The molecule has 1 saturated heterocycles. The van der Waals surface area contributed by atoms with Crippen LogP contribution in [0.15, 0.2) is 18.2 Å². The average molecular weight is 277 g/mol. The molecule has 1 aromatic carbocycles. The summed E-state index contributed by atoms with van der Waals surface area (Å²) in [7, 11) is 3.66. The predicted octanol–water partition coefficient (Wildman–Crippen LogP) is 1.84. The zero-order valence-electron chi connectivity index (χ0n) is 12.2. The van der Waals surface area contributed by atoms with Crippen LogP contribution in [0.4, 0.5) is 5.69 Å². The van der Waals surface area contributed by atoms with Crippen molar-refractivity contribution in [1.82, 2.24) is 0 Å². The van der Waals surface area contributed by atoms with Gasteiger partial charge in [-0.15, -0.1) is 0 Å². The van der Waals surface area contributed by atoms with Gasteiger partial charge in [-0.25, -0.2) is 0 Å². The molecular weight excluding hydrogens is 254 g/mol. The van der Waals surface area contributed by atoms with E-state index in [0.717, 1.165) is 43.2 Å². The molecule has 3 N–H and O–H groups in total. The Morgan fingerprint density at radius 2 is 2.35 bits per heavy atom. The van der Waals surface area contributed by atoms with Crippen LogP contribution in [-0.2, 0) is 4.74 Å². The minimum atomic E-state index is 0.0781. The van der Waals surface area contributed by atoms with Gasteiger partial charge in [-0.05, 0) is 30.9 Å². The van der Waals surface area contributed by atoms with Crippen molar-refractivity contribution in [2.24, 2.45) is 11.7 Å². The van der Waals surface area contributed by atoms with Gasteiger partial charge in [0.1, 0.15) is 11.6 Å². The Hall–Kier alpha value is -1.75. The maximum atomic E-state index is 7.70. The van der Waals surface area contributed by atoms with E-state index in [4.69, 9.17) is 20.6 Å². The monoisotopic (exact) mass is 277 g/mol. The zero-order valence-corrected chi connectivity index (χ0v) is 12.2. The zero-order chi connectivity index (χ0) is 14.5. The summed E-state index contributed by atoms with van der Waals surface area (Å²) in [6.45, 7) is 2.58. The first kappa shape index (κ1) is 14.7. The highest BCUT2D eigenvalue weighted by Crippen LogP contribution is 2.27. The molecule has 0 amide bonds. The lowest BCUT2D eigenvalue weighted by molar-refractivity contribution is 0.0576. The maximum Gasteiger partial charge on any atom is 0.124 e. The highest BCUT2D eigenvalue weighted by Gasteiger charge is 2.18. The minimum absolute atomic E-state index is 0.0781. The van der Waals surface area contributed by atoms with Crippen molar-refractivity contribution in [3.05, 3.63) is 23.8 Å². The number of hydrogen-bond acceptors (Lipinski definition) is 4. The summed E-state index contributed by atoms with van der Waals surface area (Å²) in [6, 6.07) is 5.60. The summed E-state index contributed by atoms with van der Waals surface area (Å²) in [5, 5.41) is 7.70. The fourth-order valence-electron chi connectivity index (χ4n) is 2.62. The summed E-state index contributed by atoms with van der Waals surface area (Å²) < 4.78 is 10.8. The Morgan fingerprint density at radius 3 is 2.95 bits per heavy atom. The van der Waals surface area contributed by atoms with Crippen LogP contribution >= 0.6 is 0 Å². The highest BCUT2D eigenvalue weighted by molar-refractivity contribution is 6.00. The number of methoxy groups -OCH3 is 1. The number of ether oxygens (including phenoxy) is 2. The molecule has 1 aromatic rings. The molecule has 0 saturated carbocycles. The van der Waals surface area contributed by atoms with Crippen LogP contribution in [0.25, 0.3) is 0 Å². The van der Waals surface area contributed by atoms with Crippen LogP contribution in [0.2, 0.25) is 0 Å². The van der Waals surface area contributed by atoms with Crippen LogP contribution in [0.1, 0.15) is 18.4 Å². The van der Waals surface area contributed by atoms with Crippen LogP contribution in [-0.4, -0.2) is 39.8 Å². The lowest BCUT2D eigenvalue weighted by atomic mass is 10.0. The number of rotatable bonds is 5.